The summed E-state index contributed by atoms with van der Waals surface area (Å²) in [5.41, 5.74) is 7.05. The Morgan fingerprint density at radius 3 is 2.56 bits per heavy atom. The zero-order chi connectivity index (χ0) is 23.8. The van der Waals surface area contributed by atoms with Gasteiger partial charge >= 0.3 is 0 Å². The average Bonchev–Trinajstić information content (AvgIpc) is 3.11. The van der Waals surface area contributed by atoms with Gasteiger partial charge in [-0.25, -0.2) is 0 Å². The van der Waals surface area contributed by atoms with Crippen molar-refractivity contribution in [2.75, 3.05) is 26.2 Å². The van der Waals surface area contributed by atoms with Crippen LogP contribution in [-0.4, -0.2) is 41.4 Å². The summed E-state index contributed by atoms with van der Waals surface area (Å²) in [7, 11) is 0. The molecule has 1 saturated heterocycles. The van der Waals surface area contributed by atoms with Crippen molar-refractivity contribution in [2.24, 2.45) is 11.8 Å². The Morgan fingerprint density at radius 1 is 1.03 bits per heavy atom. The molecule has 3 nitrogen and oxygen atoms in total. The molecule has 0 saturated carbocycles. The van der Waals surface area contributed by atoms with Crippen LogP contribution in [0.4, 0.5) is 0 Å². The fourth-order valence-corrected chi connectivity index (χ4v) is 5.76. The Bertz CT molecular complexity index is 961. The lowest BCUT2D eigenvalue weighted by Crippen LogP contribution is -2.34. The number of aliphatic hydroxyl groups is 2. The van der Waals surface area contributed by atoms with Crippen molar-refractivity contribution >= 4 is 0 Å². The summed E-state index contributed by atoms with van der Waals surface area (Å²) in [6, 6.07) is 0. The summed E-state index contributed by atoms with van der Waals surface area (Å²) in [5.74, 6) is 1.13. The molecule has 0 aromatic carbocycles. The first kappa shape index (κ1) is 24.8. The van der Waals surface area contributed by atoms with Gasteiger partial charge in [0.1, 0.15) is 5.76 Å². The van der Waals surface area contributed by atoms with Crippen LogP contribution in [0.15, 0.2) is 94.4 Å². The molecule has 0 aromatic rings. The number of piperidine rings is 1. The SMILES string of the molecule is CCN1CCC(C2=CC=C(/C(=C(/CCCO)C3=CCCC=C3)C3C=CC=C(O)C=C3)CC2)CC1. The Kier molecular flexibility index (Phi) is 9.01. The van der Waals surface area contributed by atoms with Gasteiger partial charge in [-0.05, 0) is 111 Å². The molecule has 0 spiro atoms. The van der Waals surface area contributed by atoms with Crippen LogP contribution in [0.3, 0.4) is 0 Å². The minimum absolute atomic E-state index is 0.111. The molecule has 1 aliphatic heterocycles. The van der Waals surface area contributed by atoms with Gasteiger partial charge in [0.15, 0.2) is 0 Å². The van der Waals surface area contributed by atoms with Crippen molar-refractivity contribution in [3.05, 3.63) is 94.4 Å². The highest BCUT2D eigenvalue weighted by molar-refractivity contribution is 5.55. The first-order valence-corrected chi connectivity index (χ1v) is 13.3. The quantitative estimate of drug-likeness (QED) is 0.415. The lowest BCUT2D eigenvalue weighted by Gasteiger charge is -2.34. The molecule has 0 amide bonds. The highest BCUT2D eigenvalue weighted by Gasteiger charge is 2.26. The number of nitrogens with zero attached hydrogens (tertiary/aromatic N) is 1. The molecule has 0 bridgehead atoms. The van der Waals surface area contributed by atoms with Gasteiger partial charge in [-0.1, -0.05) is 61.1 Å². The predicted octanol–water partition coefficient (Wildman–Crippen LogP) is 6.89. The number of likely N-dealkylation sites (tertiary alicyclic amines) is 1. The minimum atomic E-state index is 0.111. The molecule has 0 aromatic heterocycles. The van der Waals surface area contributed by atoms with E-state index in [-0.39, 0.29) is 12.5 Å². The predicted molar refractivity (Wildman–Crippen MR) is 143 cm³/mol. The highest BCUT2D eigenvalue weighted by Crippen LogP contribution is 2.40. The number of allylic oxidation sites excluding steroid dienone is 15. The molecule has 3 heteroatoms. The maximum Gasteiger partial charge on any atom is 0.115 e. The summed E-state index contributed by atoms with van der Waals surface area (Å²) in [6.07, 6.45) is 30.1. The van der Waals surface area contributed by atoms with Gasteiger partial charge in [-0.3, -0.25) is 0 Å². The van der Waals surface area contributed by atoms with Crippen LogP contribution in [0, 0.1) is 11.8 Å². The van der Waals surface area contributed by atoms with Crippen molar-refractivity contribution in [3.8, 4) is 0 Å². The van der Waals surface area contributed by atoms with E-state index in [0.29, 0.717) is 5.76 Å². The van der Waals surface area contributed by atoms with E-state index in [1.165, 1.54) is 48.2 Å². The summed E-state index contributed by atoms with van der Waals surface area (Å²) in [5, 5.41) is 19.7. The lowest BCUT2D eigenvalue weighted by atomic mass is 9.77. The number of aliphatic hydroxyl groups excluding tert-OH is 2. The molecule has 2 N–H and O–H groups in total. The zero-order valence-electron chi connectivity index (χ0n) is 20.8. The van der Waals surface area contributed by atoms with Gasteiger partial charge in [-0.15, -0.1) is 0 Å². The molecule has 34 heavy (non-hydrogen) atoms. The van der Waals surface area contributed by atoms with Crippen molar-refractivity contribution in [2.45, 2.75) is 58.3 Å². The Morgan fingerprint density at radius 2 is 1.88 bits per heavy atom. The minimum Gasteiger partial charge on any atom is -0.508 e. The fourth-order valence-electron chi connectivity index (χ4n) is 5.76. The molecular weight excluding hydrogens is 418 g/mol. The van der Waals surface area contributed by atoms with E-state index in [9.17, 15) is 10.2 Å². The fraction of sp³-hybridized carbons (Fsp3) is 0.484. The molecule has 4 rings (SSSR count). The highest BCUT2D eigenvalue weighted by atomic mass is 16.3. The average molecular weight is 460 g/mol. The van der Waals surface area contributed by atoms with Crippen LogP contribution < -0.4 is 0 Å². The standard InChI is InChI=1S/C31H41NO2/c1-2-32-21-19-25(20-22-32)24-13-15-28(16-14-24)31(27-10-6-11-29(34)18-17-27)30(12-7-23-33)26-8-4-3-5-9-26/h4,6,8-11,13,15,17-18,25,27,33-34H,2-3,5,7,12,14,16,19-23H2,1H3/b31-30-. The third-order valence-corrected chi connectivity index (χ3v) is 7.73. The van der Waals surface area contributed by atoms with E-state index >= 15 is 0 Å². The van der Waals surface area contributed by atoms with Crippen molar-refractivity contribution in [3.63, 3.8) is 0 Å². The molecule has 1 atom stereocenters. The van der Waals surface area contributed by atoms with Gasteiger partial charge in [-0.2, -0.15) is 0 Å². The summed E-state index contributed by atoms with van der Waals surface area (Å²) < 4.78 is 0. The summed E-state index contributed by atoms with van der Waals surface area (Å²) in [6.45, 7) is 6.07. The van der Waals surface area contributed by atoms with Crippen molar-refractivity contribution in [1.82, 2.24) is 4.90 Å². The van der Waals surface area contributed by atoms with E-state index in [4.69, 9.17) is 0 Å². The topological polar surface area (TPSA) is 43.7 Å². The van der Waals surface area contributed by atoms with Gasteiger partial charge in [0.05, 0.1) is 0 Å². The van der Waals surface area contributed by atoms with Crippen LogP contribution in [0.1, 0.15) is 58.3 Å². The van der Waals surface area contributed by atoms with Gasteiger partial charge in [0, 0.05) is 12.5 Å². The van der Waals surface area contributed by atoms with Crippen LogP contribution in [0.2, 0.25) is 0 Å². The third kappa shape index (κ3) is 6.20. The first-order valence-electron chi connectivity index (χ1n) is 13.3. The monoisotopic (exact) mass is 459 g/mol. The number of rotatable bonds is 8. The molecular formula is C31H41NO2. The van der Waals surface area contributed by atoms with Crippen LogP contribution in [0.5, 0.6) is 0 Å². The summed E-state index contributed by atoms with van der Waals surface area (Å²) >= 11 is 0. The molecule has 1 heterocycles. The second-order valence-corrected chi connectivity index (χ2v) is 9.86. The largest absolute Gasteiger partial charge is 0.508 e. The molecule has 4 aliphatic rings. The van der Waals surface area contributed by atoms with Gasteiger partial charge in [0.25, 0.3) is 0 Å². The van der Waals surface area contributed by atoms with Crippen molar-refractivity contribution < 1.29 is 10.2 Å². The van der Waals surface area contributed by atoms with Crippen molar-refractivity contribution in [1.29, 1.82) is 0 Å². The number of hydrogen-bond acceptors (Lipinski definition) is 3. The smallest absolute Gasteiger partial charge is 0.115 e. The van der Waals surface area contributed by atoms with Gasteiger partial charge < -0.3 is 15.1 Å². The molecule has 182 valence electrons. The second-order valence-electron chi connectivity index (χ2n) is 9.86. The zero-order valence-corrected chi connectivity index (χ0v) is 20.8. The van der Waals surface area contributed by atoms with Crippen LogP contribution in [0.25, 0.3) is 0 Å². The van der Waals surface area contributed by atoms with E-state index in [2.05, 4.69) is 54.4 Å². The molecule has 1 fully saturated rings. The van der Waals surface area contributed by atoms with E-state index in [1.54, 1.807) is 11.6 Å². The van der Waals surface area contributed by atoms with Gasteiger partial charge in [0.2, 0.25) is 0 Å². The molecule has 3 aliphatic carbocycles. The maximum atomic E-state index is 10.1. The number of hydrogen-bond donors (Lipinski definition) is 2. The lowest BCUT2D eigenvalue weighted by molar-refractivity contribution is 0.206. The first-order chi connectivity index (χ1) is 16.7. The summed E-state index contributed by atoms with van der Waals surface area (Å²) in [4.78, 5) is 2.56. The Labute approximate surface area is 205 Å². The van der Waals surface area contributed by atoms with Crippen LogP contribution >= 0.6 is 0 Å². The molecule has 1 unspecified atom stereocenters. The third-order valence-electron chi connectivity index (χ3n) is 7.73. The Balaban J connectivity index is 1.69. The van der Waals surface area contributed by atoms with Crippen LogP contribution in [-0.2, 0) is 0 Å². The second kappa shape index (κ2) is 12.4. The Hall–Kier alpha value is -2.36. The van der Waals surface area contributed by atoms with E-state index < -0.39 is 0 Å². The normalized spacial score (nSPS) is 24.7. The van der Waals surface area contributed by atoms with E-state index in [1.807, 2.05) is 12.2 Å². The molecule has 0 radical (unpaired) electrons. The van der Waals surface area contributed by atoms with E-state index in [0.717, 1.165) is 51.0 Å². The maximum absolute atomic E-state index is 10.1.